The normalized spacial score (nSPS) is 20.1. The molecule has 0 spiro atoms. The molecule has 0 saturated carbocycles. The first-order valence-electron chi connectivity index (χ1n) is 9.60. The zero-order valence-electron chi connectivity index (χ0n) is 15.8. The quantitative estimate of drug-likeness (QED) is 0.842. The molecule has 2 aromatic rings. The number of aliphatic hydroxyl groups is 1. The molecule has 1 fully saturated rings. The van der Waals surface area contributed by atoms with Gasteiger partial charge in [0.15, 0.2) is 11.5 Å². The monoisotopic (exact) mass is 369 g/mol. The smallest absolute Gasteiger partial charge is 0.231 e. The van der Waals surface area contributed by atoms with Gasteiger partial charge in [-0.1, -0.05) is 18.2 Å². The van der Waals surface area contributed by atoms with Crippen LogP contribution in [0.1, 0.15) is 23.4 Å². The van der Waals surface area contributed by atoms with Gasteiger partial charge in [-0.05, 0) is 31.5 Å². The summed E-state index contributed by atoms with van der Waals surface area (Å²) in [4.78, 5) is 9.53. The minimum Gasteiger partial charge on any atom is -0.454 e. The van der Waals surface area contributed by atoms with Gasteiger partial charge in [0.2, 0.25) is 6.79 Å². The fourth-order valence-corrected chi connectivity index (χ4v) is 3.98. The molecule has 1 aromatic carbocycles. The fraction of sp³-hybridized carbons (Fsp3) is 0.476. The number of aryl methyl sites for hydroxylation is 1. The van der Waals surface area contributed by atoms with Crippen LogP contribution in [0.5, 0.6) is 11.5 Å². The largest absolute Gasteiger partial charge is 0.454 e. The average molecular weight is 369 g/mol. The molecule has 0 unspecified atom stereocenters. The first-order valence-corrected chi connectivity index (χ1v) is 9.60. The van der Waals surface area contributed by atoms with Crippen LogP contribution in [-0.4, -0.2) is 59.0 Å². The van der Waals surface area contributed by atoms with Crippen molar-refractivity contribution in [3.63, 3.8) is 0 Å². The highest BCUT2D eigenvalue weighted by atomic mass is 16.7. The number of piperazine rings is 1. The van der Waals surface area contributed by atoms with Crippen LogP contribution in [0.2, 0.25) is 0 Å². The van der Waals surface area contributed by atoms with Gasteiger partial charge in [-0.15, -0.1) is 0 Å². The van der Waals surface area contributed by atoms with Crippen molar-refractivity contribution in [3.8, 4) is 11.5 Å². The summed E-state index contributed by atoms with van der Waals surface area (Å²) >= 11 is 0. The molecule has 1 aromatic heterocycles. The zero-order chi connectivity index (χ0) is 18.6. The maximum atomic E-state index is 9.55. The van der Waals surface area contributed by atoms with Gasteiger partial charge in [0.1, 0.15) is 0 Å². The summed E-state index contributed by atoms with van der Waals surface area (Å²) < 4.78 is 11.1. The van der Waals surface area contributed by atoms with E-state index < -0.39 is 0 Å². The highest BCUT2D eigenvalue weighted by Crippen LogP contribution is 2.36. The number of fused-ring (bicyclic) bond motifs is 1. The van der Waals surface area contributed by atoms with Crippen molar-refractivity contribution in [2.45, 2.75) is 32.5 Å². The van der Waals surface area contributed by atoms with Crippen LogP contribution < -0.4 is 9.47 Å². The van der Waals surface area contributed by atoms with Crippen LogP contribution in [0.15, 0.2) is 36.4 Å². The number of hydrogen-bond acceptors (Lipinski definition) is 6. The van der Waals surface area contributed by atoms with Gasteiger partial charge in [-0.2, -0.15) is 0 Å². The molecule has 0 aliphatic carbocycles. The summed E-state index contributed by atoms with van der Waals surface area (Å²) in [5.74, 6) is 1.71. The molecule has 0 bridgehead atoms. The van der Waals surface area contributed by atoms with E-state index in [1.807, 2.05) is 25.1 Å². The summed E-state index contributed by atoms with van der Waals surface area (Å²) in [7, 11) is 0. The standard InChI is InChI=1S/C21H27N3O3/c1-16-4-2-6-18(22-16)13-24-10-9-23(14-19(24)8-11-25)12-17-5-3-7-20-21(17)27-15-26-20/h2-7,19,25H,8-15H2,1H3/t19-/m0/s1. The Hall–Kier alpha value is -2.15. The lowest BCUT2D eigenvalue weighted by atomic mass is 10.1. The predicted octanol–water partition coefficient (Wildman–Crippen LogP) is 2.19. The Morgan fingerprint density at radius 2 is 2.00 bits per heavy atom. The molecule has 27 heavy (non-hydrogen) atoms. The zero-order valence-corrected chi connectivity index (χ0v) is 15.8. The second-order valence-electron chi connectivity index (χ2n) is 7.29. The first kappa shape index (κ1) is 18.2. The van der Waals surface area contributed by atoms with Gasteiger partial charge in [0.25, 0.3) is 0 Å². The van der Waals surface area contributed by atoms with Crippen LogP contribution in [-0.2, 0) is 13.1 Å². The molecule has 3 heterocycles. The average Bonchev–Trinajstić information content (AvgIpc) is 3.14. The minimum absolute atomic E-state index is 0.202. The van der Waals surface area contributed by atoms with E-state index in [-0.39, 0.29) is 6.61 Å². The van der Waals surface area contributed by atoms with Gasteiger partial charge < -0.3 is 14.6 Å². The Bertz CT molecular complexity index is 783. The van der Waals surface area contributed by atoms with E-state index in [0.29, 0.717) is 12.8 Å². The van der Waals surface area contributed by atoms with Crippen molar-refractivity contribution < 1.29 is 14.6 Å². The van der Waals surface area contributed by atoms with Crippen LogP contribution in [0.25, 0.3) is 0 Å². The molecular weight excluding hydrogens is 342 g/mol. The lowest BCUT2D eigenvalue weighted by molar-refractivity contribution is 0.0487. The van der Waals surface area contributed by atoms with Crippen LogP contribution in [0.4, 0.5) is 0 Å². The third-order valence-corrected chi connectivity index (χ3v) is 5.33. The van der Waals surface area contributed by atoms with Crippen LogP contribution in [0.3, 0.4) is 0 Å². The third-order valence-electron chi connectivity index (χ3n) is 5.33. The number of aromatic nitrogens is 1. The van der Waals surface area contributed by atoms with E-state index in [0.717, 1.165) is 62.0 Å². The number of para-hydroxylation sites is 1. The first-order chi connectivity index (χ1) is 13.2. The van der Waals surface area contributed by atoms with E-state index in [1.165, 1.54) is 5.56 Å². The third kappa shape index (κ3) is 4.24. The lowest BCUT2D eigenvalue weighted by Gasteiger charge is -2.41. The number of pyridine rings is 1. The molecule has 6 nitrogen and oxygen atoms in total. The van der Waals surface area contributed by atoms with E-state index in [1.54, 1.807) is 0 Å². The summed E-state index contributed by atoms with van der Waals surface area (Å²) in [6, 6.07) is 12.6. The number of ether oxygens (including phenoxy) is 2. The number of rotatable bonds is 6. The second kappa shape index (κ2) is 8.25. The van der Waals surface area contributed by atoms with E-state index in [4.69, 9.17) is 9.47 Å². The molecule has 1 atom stereocenters. The Balaban J connectivity index is 1.43. The molecule has 2 aliphatic heterocycles. The number of benzene rings is 1. The van der Waals surface area contributed by atoms with Gasteiger partial charge >= 0.3 is 0 Å². The Morgan fingerprint density at radius 1 is 1.11 bits per heavy atom. The van der Waals surface area contributed by atoms with E-state index in [2.05, 4.69) is 33.0 Å². The van der Waals surface area contributed by atoms with Crippen molar-refractivity contribution in [3.05, 3.63) is 53.3 Å². The van der Waals surface area contributed by atoms with Crippen LogP contribution in [0, 0.1) is 6.92 Å². The van der Waals surface area contributed by atoms with Gasteiger partial charge in [-0.25, -0.2) is 0 Å². The summed E-state index contributed by atoms with van der Waals surface area (Å²) in [5.41, 5.74) is 3.31. The van der Waals surface area contributed by atoms with Crippen molar-refractivity contribution in [1.29, 1.82) is 0 Å². The molecule has 0 amide bonds. The van der Waals surface area contributed by atoms with Crippen molar-refractivity contribution in [2.24, 2.45) is 0 Å². The van der Waals surface area contributed by atoms with E-state index in [9.17, 15) is 5.11 Å². The summed E-state index contributed by atoms with van der Waals surface area (Å²) in [6.45, 7) is 7.08. The number of nitrogens with zero attached hydrogens (tertiary/aromatic N) is 3. The maximum absolute atomic E-state index is 9.55. The Labute approximate surface area is 160 Å². The lowest BCUT2D eigenvalue weighted by Crippen LogP contribution is -2.52. The highest BCUT2D eigenvalue weighted by Gasteiger charge is 2.28. The molecule has 1 saturated heterocycles. The van der Waals surface area contributed by atoms with Crippen molar-refractivity contribution in [2.75, 3.05) is 33.0 Å². The minimum atomic E-state index is 0.202. The molecule has 2 aliphatic rings. The molecule has 6 heteroatoms. The van der Waals surface area contributed by atoms with Gasteiger partial charge in [-0.3, -0.25) is 14.8 Å². The van der Waals surface area contributed by atoms with Gasteiger partial charge in [0, 0.05) is 56.6 Å². The molecule has 4 rings (SSSR count). The van der Waals surface area contributed by atoms with Gasteiger partial charge in [0.05, 0.1) is 5.69 Å². The Morgan fingerprint density at radius 3 is 2.85 bits per heavy atom. The predicted molar refractivity (Wildman–Crippen MR) is 103 cm³/mol. The number of aliphatic hydroxyl groups excluding tert-OH is 1. The SMILES string of the molecule is Cc1cccc(CN2CCN(Cc3cccc4c3OCO4)C[C@@H]2CCO)n1. The number of hydrogen-bond donors (Lipinski definition) is 1. The summed E-state index contributed by atoms with van der Waals surface area (Å²) in [5, 5.41) is 9.55. The summed E-state index contributed by atoms with van der Waals surface area (Å²) in [6.07, 6.45) is 0.773. The maximum Gasteiger partial charge on any atom is 0.231 e. The molecule has 0 radical (unpaired) electrons. The second-order valence-corrected chi connectivity index (χ2v) is 7.29. The topological polar surface area (TPSA) is 58.1 Å². The Kier molecular flexibility index (Phi) is 5.57. The van der Waals surface area contributed by atoms with E-state index >= 15 is 0 Å². The fourth-order valence-electron chi connectivity index (χ4n) is 3.98. The molecular formula is C21H27N3O3. The molecule has 144 valence electrons. The highest BCUT2D eigenvalue weighted by molar-refractivity contribution is 5.48. The van der Waals surface area contributed by atoms with Crippen molar-refractivity contribution in [1.82, 2.24) is 14.8 Å². The molecule has 1 N–H and O–H groups in total. The van der Waals surface area contributed by atoms with Crippen molar-refractivity contribution >= 4 is 0 Å². The van der Waals surface area contributed by atoms with Crippen LogP contribution >= 0.6 is 0 Å².